The fraction of sp³-hybridized carbons (Fsp3) is 0.222. The van der Waals surface area contributed by atoms with Crippen LogP contribution >= 0.6 is 0 Å². The first-order valence-electron chi connectivity index (χ1n) is 7.99. The highest BCUT2D eigenvalue weighted by Crippen LogP contribution is 2.18. The number of sulfone groups is 1. The number of aromatic amines is 1. The highest BCUT2D eigenvalue weighted by atomic mass is 32.2. The number of nitrogens with zero attached hydrogens (tertiary/aromatic N) is 1. The molecule has 1 aliphatic heterocycles. The number of carbonyl (C=O) groups is 2. The maximum Gasteiger partial charge on any atom is 0.355 e. The number of H-pyrrole nitrogens is 1. The molecular formula is C18H18N2O5S. The normalized spacial score (nSPS) is 17.8. The van der Waals surface area contributed by atoms with Crippen molar-refractivity contribution >= 4 is 21.7 Å². The number of carbonyl (C=O) groups excluding carboxylic acids is 2. The van der Waals surface area contributed by atoms with E-state index in [1.807, 2.05) is 30.3 Å². The summed E-state index contributed by atoms with van der Waals surface area (Å²) in [5, 5.41) is 1.12. The number of rotatable bonds is 6. The van der Waals surface area contributed by atoms with Crippen LogP contribution in [0.1, 0.15) is 16.1 Å². The van der Waals surface area contributed by atoms with E-state index in [2.05, 4.69) is 4.98 Å². The van der Waals surface area contributed by atoms with Gasteiger partial charge in [0, 0.05) is 18.1 Å². The van der Waals surface area contributed by atoms with E-state index in [4.69, 9.17) is 4.74 Å². The van der Waals surface area contributed by atoms with Gasteiger partial charge in [0.1, 0.15) is 5.69 Å². The largest absolute Gasteiger partial charge is 0.451 e. The second-order valence-electron chi connectivity index (χ2n) is 5.89. The maximum absolute atomic E-state index is 12.6. The van der Waals surface area contributed by atoms with Gasteiger partial charge in [-0.1, -0.05) is 30.3 Å². The van der Waals surface area contributed by atoms with Crippen molar-refractivity contribution in [2.75, 3.05) is 12.4 Å². The Morgan fingerprint density at radius 3 is 2.54 bits per heavy atom. The first-order valence-corrected chi connectivity index (χ1v) is 9.71. The third-order valence-corrected chi connectivity index (χ3v) is 5.35. The molecule has 2 heterocycles. The molecule has 0 spiro atoms. The molecule has 1 aromatic heterocycles. The van der Waals surface area contributed by atoms with Crippen LogP contribution in [0.2, 0.25) is 0 Å². The minimum atomic E-state index is -3.32. The zero-order chi connectivity index (χ0) is 18.6. The Morgan fingerprint density at radius 1 is 1.15 bits per heavy atom. The first-order chi connectivity index (χ1) is 12.4. The summed E-state index contributed by atoms with van der Waals surface area (Å²) in [6.45, 7) is -0.237. The fourth-order valence-corrected chi connectivity index (χ4v) is 3.97. The number of nitrogens with one attached hydrogen (secondary N) is 1. The predicted molar refractivity (Wildman–Crippen MR) is 94.8 cm³/mol. The van der Waals surface area contributed by atoms with Crippen LogP contribution < -0.4 is 0 Å². The Labute approximate surface area is 151 Å². The Balaban J connectivity index is 1.71. The highest BCUT2D eigenvalue weighted by molar-refractivity contribution is 7.94. The summed E-state index contributed by atoms with van der Waals surface area (Å²) < 4.78 is 28.5. The average Bonchev–Trinajstić information content (AvgIpc) is 3.28. The summed E-state index contributed by atoms with van der Waals surface area (Å²) in [5.74, 6) is -1.27. The molecule has 3 rings (SSSR count). The van der Waals surface area contributed by atoms with Crippen molar-refractivity contribution in [2.45, 2.75) is 12.6 Å². The van der Waals surface area contributed by atoms with Gasteiger partial charge in [-0.05, 0) is 23.8 Å². The number of hydrogen-bond acceptors (Lipinski definition) is 5. The molecule has 1 aromatic carbocycles. The van der Waals surface area contributed by atoms with Gasteiger partial charge < -0.3 is 14.6 Å². The molecule has 0 saturated carbocycles. The number of esters is 1. The number of ether oxygens (including phenoxy) is 1. The van der Waals surface area contributed by atoms with Gasteiger partial charge in [-0.2, -0.15) is 0 Å². The standard InChI is InChI=1S/C18H18N2O5S/c21-17(12-25-18(22)16-7-4-9-19-16)20(11-14-5-2-1-3-6-14)15-8-10-26(23,24)13-15/h1-10,15,19H,11-13H2/t15-/m0/s1. The second-order valence-corrected chi connectivity index (χ2v) is 7.82. The summed E-state index contributed by atoms with van der Waals surface area (Å²) in [6, 6.07) is 11.8. The van der Waals surface area contributed by atoms with E-state index in [0.717, 1.165) is 11.0 Å². The van der Waals surface area contributed by atoms with E-state index in [1.54, 1.807) is 18.3 Å². The maximum atomic E-state index is 12.6. The van der Waals surface area contributed by atoms with E-state index in [9.17, 15) is 18.0 Å². The lowest BCUT2D eigenvalue weighted by molar-refractivity contribution is -0.136. The van der Waals surface area contributed by atoms with Crippen molar-refractivity contribution in [3.8, 4) is 0 Å². The van der Waals surface area contributed by atoms with Gasteiger partial charge in [0.05, 0.1) is 11.8 Å². The van der Waals surface area contributed by atoms with Crippen molar-refractivity contribution in [1.29, 1.82) is 0 Å². The van der Waals surface area contributed by atoms with Crippen molar-refractivity contribution in [3.05, 3.63) is 71.4 Å². The number of amides is 1. The minimum Gasteiger partial charge on any atom is -0.451 e. The van der Waals surface area contributed by atoms with Crippen LogP contribution in [0.25, 0.3) is 0 Å². The molecule has 136 valence electrons. The molecule has 0 radical (unpaired) electrons. The molecule has 1 N–H and O–H groups in total. The summed E-state index contributed by atoms with van der Waals surface area (Å²) in [7, 11) is -3.32. The Kier molecular flexibility index (Phi) is 5.22. The Morgan fingerprint density at radius 2 is 1.92 bits per heavy atom. The lowest BCUT2D eigenvalue weighted by Crippen LogP contribution is -2.42. The molecule has 8 heteroatoms. The molecule has 0 fully saturated rings. The fourth-order valence-electron chi connectivity index (χ4n) is 2.67. The molecule has 1 aliphatic rings. The SMILES string of the molecule is O=C(OCC(=O)N(Cc1ccccc1)[C@H]1C=CS(=O)(=O)C1)c1ccc[nH]1. The lowest BCUT2D eigenvalue weighted by atomic mass is 10.2. The molecule has 0 aliphatic carbocycles. The average molecular weight is 374 g/mol. The molecule has 0 bridgehead atoms. The molecule has 1 atom stereocenters. The van der Waals surface area contributed by atoms with E-state index in [-0.39, 0.29) is 18.0 Å². The molecule has 0 saturated heterocycles. The van der Waals surface area contributed by atoms with E-state index in [1.165, 1.54) is 11.0 Å². The van der Waals surface area contributed by atoms with Crippen LogP contribution in [0.4, 0.5) is 0 Å². The molecule has 26 heavy (non-hydrogen) atoms. The Hall–Kier alpha value is -2.87. The summed E-state index contributed by atoms with van der Waals surface area (Å²) in [4.78, 5) is 28.6. The van der Waals surface area contributed by atoms with Crippen molar-refractivity contribution in [3.63, 3.8) is 0 Å². The number of aromatic nitrogens is 1. The predicted octanol–water partition coefficient (Wildman–Crippen LogP) is 1.51. The second kappa shape index (κ2) is 7.57. The van der Waals surface area contributed by atoms with Gasteiger partial charge in [0.15, 0.2) is 16.4 Å². The summed E-state index contributed by atoms with van der Waals surface area (Å²) in [6.07, 6.45) is 3.07. The van der Waals surface area contributed by atoms with Crippen LogP contribution in [-0.4, -0.2) is 48.6 Å². The Bertz CT molecular complexity index is 904. The van der Waals surface area contributed by atoms with E-state index in [0.29, 0.717) is 0 Å². The van der Waals surface area contributed by atoms with Gasteiger partial charge in [0.2, 0.25) is 0 Å². The molecule has 1 amide bonds. The molecule has 0 unspecified atom stereocenters. The van der Waals surface area contributed by atoms with Crippen LogP contribution in [-0.2, 0) is 25.9 Å². The lowest BCUT2D eigenvalue weighted by Gasteiger charge is -2.27. The highest BCUT2D eigenvalue weighted by Gasteiger charge is 2.30. The zero-order valence-corrected chi connectivity index (χ0v) is 14.7. The quantitative estimate of drug-likeness (QED) is 0.773. The number of hydrogen-bond donors (Lipinski definition) is 1. The monoisotopic (exact) mass is 374 g/mol. The van der Waals surface area contributed by atoms with Crippen LogP contribution in [0.15, 0.2) is 60.1 Å². The summed E-state index contributed by atoms with van der Waals surface area (Å²) >= 11 is 0. The van der Waals surface area contributed by atoms with Crippen molar-refractivity contribution in [2.24, 2.45) is 0 Å². The van der Waals surface area contributed by atoms with Gasteiger partial charge in [-0.15, -0.1) is 0 Å². The third-order valence-electron chi connectivity index (χ3n) is 3.97. The zero-order valence-electron chi connectivity index (χ0n) is 13.9. The van der Waals surface area contributed by atoms with Crippen molar-refractivity contribution in [1.82, 2.24) is 9.88 Å². The van der Waals surface area contributed by atoms with E-state index < -0.39 is 34.4 Å². The molecule has 2 aromatic rings. The van der Waals surface area contributed by atoms with Gasteiger partial charge in [-0.25, -0.2) is 13.2 Å². The minimum absolute atomic E-state index is 0.170. The number of benzene rings is 1. The smallest absolute Gasteiger partial charge is 0.355 e. The van der Waals surface area contributed by atoms with Crippen LogP contribution in [0.5, 0.6) is 0 Å². The van der Waals surface area contributed by atoms with E-state index >= 15 is 0 Å². The third kappa shape index (κ3) is 4.40. The first kappa shape index (κ1) is 17.9. The van der Waals surface area contributed by atoms with Crippen LogP contribution in [0, 0.1) is 0 Å². The van der Waals surface area contributed by atoms with Crippen molar-refractivity contribution < 1.29 is 22.7 Å². The summed E-state index contributed by atoms with van der Waals surface area (Å²) in [5.41, 5.74) is 1.10. The van der Waals surface area contributed by atoms with Gasteiger partial charge in [-0.3, -0.25) is 4.79 Å². The molecule has 7 nitrogen and oxygen atoms in total. The van der Waals surface area contributed by atoms with Gasteiger partial charge in [0.25, 0.3) is 5.91 Å². The topological polar surface area (TPSA) is 96.5 Å². The van der Waals surface area contributed by atoms with Gasteiger partial charge >= 0.3 is 5.97 Å². The van der Waals surface area contributed by atoms with Crippen LogP contribution in [0.3, 0.4) is 0 Å². The molecular weight excluding hydrogens is 356 g/mol.